The van der Waals surface area contributed by atoms with Crippen LogP contribution in [0.15, 0.2) is 18.2 Å². The van der Waals surface area contributed by atoms with Crippen molar-refractivity contribution in [1.29, 1.82) is 0 Å². The molecule has 0 bridgehead atoms. The Morgan fingerprint density at radius 2 is 1.18 bits per heavy atom. The topological polar surface area (TPSA) is 40.5 Å². The molecule has 1 aromatic rings. The van der Waals surface area contributed by atoms with Gasteiger partial charge in [-0.15, -0.1) is 0 Å². The van der Waals surface area contributed by atoms with Crippen molar-refractivity contribution in [3.8, 4) is 0 Å². The molecule has 2 N–H and O–H groups in total. The Labute approximate surface area is 105 Å². The number of hydrogen-bond donors (Lipinski definition) is 2. The largest absolute Gasteiger partial charge is 0.489 e. The summed E-state index contributed by atoms with van der Waals surface area (Å²) in [5, 5.41) is 19.3. The maximum atomic E-state index is 9.67. The Hall–Kier alpha value is -0.795. The molecule has 0 amide bonds. The average molecular weight is 234 g/mol. The highest BCUT2D eigenvalue weighted by molar-refractivity contribution is 6.60. The predicted octanol–water partition coefficient (Wildman–Crippen LogP) is 1.96. The highest BCUT2D eigenvalue weighted by atomic mass is 16.4. The van der Waals surface area contributed by atoms with E-state index in [4.69, 9.17) is 0 Å². The first-order valence-corrected chi connectivity index (χ1v) is 6.05. The van der Waals surface area contributed by atoms with Crippen molar-refractivity contribution in [2.24, 2.45) is 0 Å². The van der Waals surface area contributed by atoms with Crippen molar-refractivity contribution in [1.82, 2.24) is 0 Å². The van der Waals surface area contributed by atoms with E-state index in [0.717, 1.165) is 11.1 Å². The first-order valence-electron chi connectivity index (χ1n) is 6.05. The van der Waals surface area contributed by atoms with Crippen LogP contribution in [0.3, 0.4) is 0 Å². The second kappa shape index (κ2) is 4.47. The molecule has 0 spiro atoms. The van der Waals surface area contributed by atoms with Crippen molar-refractivity contribution in [3.63, 3.8) is 0 Å². The summed E-state index contributed by atoms with van der Waals surface area (Å²) in [5.74, 6) is 0. The van der Waals surface area contributed by atoms with E-state index >= 15 is 0 Å². The summed E-state index contributed by atoms with van der Waals surface area (Å²) in [7, 11) is -1.42. The second-order valence-electron chi connectivity index (χ2n) is 6.64. The summed E-state index contributed by atoms with van der Waals surface area (Å²) in [4.78, 5) is 0. The van der Waals surface area contributed by atoms with E-state index in [-0.39, 0.29) is 10.8 Å². The van der Waals surface area contributed by atoms with Crippen LogP contribution in [0.2, 0.25) is 0 Å². The van der Waals surface area contributed by atoms with Crippen LogP contribution in [0.25, 0.3) is 0 Å². The van der Waals surface area contributed by atoms with Gasteiger partial charge in [-0.2, -0.15) is 0 Å². The average Bonchev–Trinajstić information content (AvgIpc) is 2.13. The van der Waals surface area contributed by atoms with Crippen LogP contribution in [0, 0.1) is 0 Å². The maximum absolute atomic E-state index is 9.67. The van der Waals surface area contributed by atoms with Gasteiger partial charge in [0.25, 0.3) is 0 Å². The van der Waals surface area contributed by atoms with E-state index in [9.17, 15) is 10.0 Å². The molecule has 3 heteroatoms. The Balaban J connectivity index is 3.55. The molecule has 0 saturated heterocycles. The fourth-order valence-corrected chi connectivity index (χ4v) is 2.15. The predicted molar refractivity (Wildman–Crippen MR) is 73.7 cm³/mol. The van der Waals surface area contributed by atoms with Gasteiger partial charge in [0.2, 0.25) is 0 Å². The summed E-state index contributed by atoms with van der Waals surface area (Å²) in [6.45, 7) is 12.5. The van der Waals surface area contributed by atoms with E-state index in [1.165, 1.54) is 0 Å². The van der Waals surface area contributed by atoms with Crippen molar-refractivity contribution in [2.75, 3.05) is 0 Å². The van der Waals surface area contributed by atoms with Crippen molar-refractivity contribution >= 4 is 12.6 Å². The molecule has 0 radical (unpaired) electrons. The molecule has 0 aliphatic heterocycles. The lowest BCUT2D eigenvalue weighted by atomic mass is 9.64. The molecule has 1 aromatic carbocycles. The van der Waals surface area contributed by atoms with Crippen molar-refractivity contribution < 1.29 is 10.0 Å². The van der Waals surface area contributed by atoms with E-state index in [0.29, 0.717) is 5.46 Å². The molecular weight excluding hydrogens is 211 g/mol. The molecule has 0 aromatic heterocycles. The lowest BCUT2D eigenvalue weighted by Gasteiger charge is -2.29. The highest BCUT2D eigenvalue weighted by Gasteiger charge is 2.30. The van der Waals surface area contributed by atoms with Gasteiger partial charge in [-0.3, -0.25) is 0 Å². The van der Waals surface area contributed by atoms with Crippen molar-refractivity contribution in [3.05, 3.63) is 29.3 Å². The summed E-state index contributed by atoms with van der Waals surface area (Å²) in [5.41, 5.74) is 2.47. The minimum Gasteiger partial charge on any atom is -0.423 e. The van der Waals surface area contributed by atoms with E-state index in [1.807, 2.05) is 18.2 Å². The molecule has 0 saturated carbocycles. The van der Waals surface area contributed by atoms with Crippen LogP contribution in [0.5, 0.6) is 0 Å². The number of rotatable bonds is 1. The minimum atomic E-state index is -1.42. The zero-order valence-electron chi connectivity index (χ0n) is 11.7. The number of benzene rings is 1. The van der Waals surface area contributed by atoms with Gasteiger partial charge in [-0.25, -0.2) is 0 Å². The van der Waals surface area contributed by atoms with Gasteiger partial charge in [-0.05, 0) is 27.4 Å². The zero-order valence-corrected chi connectivity index (χ0v) is 11.7. The summed E-state index contributed by atoms with van der Waals surface area (Å²) < 4.78 is 0. The van der Waals surface area contributed by atoms with Crippen LogP contribution in [0.4, 0.5) is 0 Å². The monoisotopic (exact) mass is 234 g/mol. The Morgan fingerprint density at radius 3 is 1.41 bits per heavy atom. The molecular formula is C14H23BO2. The first kappa shape index (κ1) is 14.3. The minimum absolute atomic E-state index is 0.0969. The van der Waals surface area contributed by atoms with Crippen LogP contribution in [-0.4, -0.2) is 17.2 Å². The van der Waals surface area contributed by atoms with Gasteiger partial charge in [-0.1, -0.05) is 59.7 Å². The molecule has 0 heterocycles. The third-order valence-corrected chi connectivity index (χ3v) is 2.98. The molecule has 0 atom stereocenters. The molecule has 94 valence electrons. The van der Waals surface area contributed by atoms with Crippen LogP contribution < -0.4 is 5.46 Å². The first-order chi connectivity index (χ1) is 7.55. The third-order valence-electron chi connectivity index (χ3n) is 2.98. The van der Waals surface area contributed by atoms with Crippen molar-refractivity contribution in [2.45, 2.75) is 52.4 Å². The van der Waals surface area contributed by atoms with Crippen LogP contribution in [-0.2, 0) is 10.8 Å². The van der Waals surface area contributed by atoms with Crippen LogP contribution >= 0.6 is 0 Å². The summed E-state index contributed by atoms with van der Waals surface area (Å²) in [6.07, 6.45) is 0. The lowest BCUT2D eigenvalue weighted by molar-refractivity contribution is 0.421. The maximum Gasteiger partial charge on any atom is 0.489 e. The van der Waals surface area contributed by atoms with Gasteiger partial charge in [0.15, 0.2) is 0 Å². The molecule has 1 rings (SSSR count). The summed E-state index contributed by atoms with van der Waals surface area (Å²) >= 11 is 0. The highest BCUT2D eigenvalue weighted by Crippen LogP contribution is 2.27. The van der Waals surface area contributed by atoms with Gasteiger partial charge >= 0.3 is 7.12 Å². The molecule has 0 fully saturated rings. The smallest absolute Gasteiger partial charge is 0.423 e. The third kappa shape index (κ3) is 3.11. The molecule has 17 heavy (non-hydrogen) atoms. The Kier molecular flexibility index (Phi) is 3.75. The Morgan fingerprint density at radius 1 is 0.824 bits per heavy atom. The fraction of sp³-hybridized carbons (Fsp3) is 0.571. The Bertz CT molecular complexity index is 365. The van der Waals surface area contributed by atoms with Gasteiger partial charge in [0.05, 0.1) is 0 Å². The number of hydrogen-bond acceptors (Lipinski definition) is 2. The van der Waals surface area contributed by atoms with E-state index in [1.54, 1.807) is 0 Å². The molecule has 2 nitrogen and oxygen atoms in total. The van der Waals surface area contributed by atoms with Gasteiger partial charge < -0.3 is 10.0 Å². The second-order valence-corrected chi connectivity index (χ2v) is 6.64. The molecule has 0 aliphatic carbocycles. The van der Waals surface area contributed by atoms with Crippen LogP contribution in [0.1, 0.15) is 52.7 Å². The molecule has 0 unspecified atom stereocenters. The van der Waals surface area contributed by atoms with Gasteiger partial charge in [0.1, 0.15) is 0 Å². The van der Waals surface area contributed by atoms with E-state index in [2.05, 4.69) is 41.5 Å². The fourth-order valence-electron chi connectivity index (χ4n) is 2.15. The quantitative estimate of drug-likeness (QED) is 0.729. The normalized spacial score (nSPS) is 12.7. The van der Waals surface area contributed by atoms with E-state index < -0.39 is 7.12 Å². The lowest BCUT2D eigenvalue weighted by Crippen LogP contribution is -2.42. The summed E-state index contributed by atoms with van der Waals surface area (Å²) in [6, 6.07) is 5.95. The standard InChI is InChI=1S/C14H23BO2/c1-13(2,3)10-8-7-9-11(14(4,5)6)12(10)15(16)17/h7-9,16-17H,1-6H3. The van der Waals surface area contributed by atoms with Gasteiger partial charge in [0, 0.05) is 0 Å². The molecule has 0 aliphatic rings. The zero-order chi connectivity index (χ0) is 13.4. The SMILES string of the molecule is CC(C)(C)c1cccc(C(C)(C)C)c1B(O)O.